The summed E-state index contributed by atoms with van der Waals surface area (Å²) in [5.41, 5.74) is 5.97. The molecule has 0 amide bonds. The van der Waals surface area contributed by atoms with E-state index in [4.69, 9.17) is 33.7 Å². The van der Waals surface area contributed by atoms with E-state index in [1.807, 2.05) is 31.2 Å². The van der Waals surface area contributed by atoms with E-state index < -0.39 is 0 Å². The van der Waals surface area contributed by atoms with Gasteiger partial charge in [-0.1, -0.05) is 23.2 Å². The van der Waals surface area contributed by atoms with Crippen molar-refractivity contribution in [3.05, 3.63) is 50.6 Å². The molecule has 0 spiro atoms. The molecule has 5 heteroatoms. The lowest BCUT2D eigenvalue weighted by Gasteiger charge is -2.21. The first-order chi connectivity index (χ1) is 8.56. The first kappa shape index (κ1) is 13.7. The molecule has 1 heterocycles. The monoisotopic (exact) mass is 301 g/mol. The molecule has 18 heavy (non-hydrogen) atoms. The lowest BCUT2D eigenvalue weighted by Crippen LogP contribution is -2.28. The molecule has 1 aromatic heterocycles. The average molecular weight is 302 g/mol. The molecular formula is C13H13Cl2NOS. The number of halogens is 2. The van der Waals surface area contributed by atoms with E-state index >= 15 is 0 Å². The molecule has 0 aliphatic heterocycles. The highest BCUT2D eigenvalue weighted by molar-refractivity contribution is 7.16. The van der Waals surface area contributed by atoms with Gasteiger partial charge < -0.3 is 10.5 Å². The maximum absolute atomic E-state index is 5.97. The molecule has 0 bridgehead atoms. The third-order valence-electron chi connectivity index (χ3n) is 2.43. The lowest BCUT2D eigenvalue weighted by molar-refractivity contribution is 0.184. The number of nitrogens with two attached hydrogens (primary N) is 1. The van der Waals surface area contributed by atoms with Gasteiger partial charge in [-0.2, -0.15) is 0 Å². The summed E-state index contributed by atoms with van der Waals surface area (Å²) in [6.45, 7) is 1.91. The van der Waals surface area contributed by atoms with Crippen LogP contribution in [0.2, 0.25) is 9.36 Å². The predicted molar refractivity (Wildman–Crippen MR) is 77.8 cm³/mol. The van der Waals surface area contributed by atoms with Crippen molar-refractivity contribution in [1.29, 1.82) is 0 Å². The van der Waals surface area contributed by atoms with Gasteiger partial charge in [0.1, 0.15) is 11.9 Å². The van der Waals surface area contributed by atoms with E-state index in [0.717, 1.165) is 15.0 Å². The van der Waals surface area contributed by atoms with Gasteiger partial charge in [-0.25, -0.2) is 0 Å². The van der Waals surface area contributed by atoms with Crippen molar-refractivity contribution in [2.45, 2.75) is 19.1 Å². The third-order valence-corrected chi connectivity index (χ3v) is 3.97. The van der Waals surface area contributed by atoms with Crippen LogP contribution in [0, 0.1) is 0 Å². The zero-order valence-electron chi connectivity index (χ0n) is 9.77. The first-order valence-corrected chi connectivity index (χ1v) is 7.06. The van der Waals surface area contributed by atoms with Gasteiger partial charge >= 0.3 is 0 Å². The Morgan fingerprint density at radius 2 is 1.78 bits per heavy atom. The van der Waals surface area contributed by atoms with Gasteiger partial charge in [0.2, 0.25) is 0 Å². The van der Waals surface area contributed by atoms with Crippen molar-refractivity contribution >= 4 is 34.5 Å². The molecule has 0 radical (unpaired) electrons. The van der Waals surface area contributed by atoms with Crippen LogP contribution in [0.4, 0.5) is 0 Å². The predicted octanol–water partition coefficient (Wildman–Crippen LogP) is 4.52. The smallest absolute Gasteiger partial charge is 0.148 e. The van der Waals surface area contributed by atoms with Gasteiger partial charge in [-0.3, -0.25) is 0 Å². The fraction of sp³-hybridized carbons (Fsp3) is 0.231. The van der Waals surface area contributed by atoms with Crippen LogP contribution in [-0.2, 0) is 0 Å². The summed E-state index contributed by atoms with van der Waals surface area (Å²) >= 11 is 13.3. The second-order valence-electron chi connectivity index (χ2n) is 3.99. The molecule has 1 aromatic carbocycles. The normalized spacial score (nSPS) is 14.2. The van der Waals surface area contributed by atoms with E-state index in [2.05, 4.69) is 0 Å². The van der Waals surface area contributed by atoms with E-state index in [1.54, 1.807) is 12.1 Å². The van der Waals surface area contributed by atoms with Crippen LogP contribution in [-0.4, -0.2) is 6.04 Å². The Labute approximate surface area is 120 Å². The van der Waals surface area contributed by atoms with Crippen LogP contribution >= 0.6 is 34.5 Å². The van der Waals surface area contributed by atoms with Crippen LogP contribution in [0.1, 0.15) is 17.9 Å². The zero-order chi connectivity index (χ0) is 13.1. The van der Waals surface area contributed by atoms with Crippen LogP contribution in [0.5, 0.6) is 5.75 Å². The Balaban J connectivity index is 2.19. The summed E-state index contributed by atoms with van der Waals surface area (Å²) in [5.74, 6) is 0.742. The summed E-state index contributed by atoms with van der Waals surface area (Å²) in [5, 5.41) is 0.680. The molecule has 2 aromatic rings. The van der Waals surface area contributed by atoms with Gasteiger partial charge in [0.15, 0.2) is 0 Å². The average Bonchev–Trinajstić information content (AvgIpc) is 2.74. The maximum atomic E-state index is 5.97. The highest BCUT2D eigenvalue weighted by Gasteiger charge is 2.20. The van der Waals surface area contributed by atoms with E-state index in [-0.39, 0.29) is 12.1 Å². The van der Waals surface area contributed by atoms with Crippen LogP contribution in [0.25, 0.3) is 0 Å². The van der Waals surface area contributed by atoms with Crippen LogP contribution in [0.3, 0.4) is 0 Å². The summed E-state index contributed by atoms with van der Waals surface area (Å²) in [4.78, 5) is 1.02. The minimum Gasteiger partial charge on any atom is -0.483 e. The fourth-order valence-corrected chi connectivity index (χ4v) is 2.90. The number of ether oxygens (including phenoxy) is 1. The lowest BCUT2D eigenvalue weighted by atomic mass is 10.1. The summed E-state index contributed by atoms with van der Waals surface area (Å²) in [7, 11) is 0. The van der Waals surface area contributed by atoms with Crippen molar-refractivity contribution < 1.29 is 4.74 Å². The van der Waals surface area contributed by atoms with Crippen LogP contribution in [0.15, 0.2) is 36.4 Å². The standard InChI is InChI=1S/C13H13Cl2NOS/c1-8(16)13(11-6-7-12(15)18-11)17-10-4-2-9(14)3-5-10/h2-8,13H,16H2,1H3. The summed E-state index contributed by atoms with van der Waals surface area (Å²) in [6, 6.07) is 10.9. The summed E-state index contributed by atoms with van der Waals surface area (Å²) < 4.78 is 6.63. The van der Waals surface area contributed by atoms with Crippen molar-refractivity contribution in [1.82, 2.24) is 0 Å². The molecule has 2 nitrogen and oxygen atoms in total. The van der Waals surface area contributed by atoms with Crippen molar-refractivity contribution in [2.24, 2.45) is 5.73 Å². The molecule has 0 aliphatic carbocycles. The molecule has 2 atom stereocenters. The highest BCUT2D eigenvalue weighted by Crippen LogP contribution is 2.32. The zero-order valence-corrected chi connectivity index (χ0v) is 12.1. The Hall–Kier alpha value is -0.740. The Morgan fingerprint density at radius 1 is 1.11 bits per heavy atom. The molecule has 0 aliphatic rings. The molecule has 2 rings (SSSR count). The number of hydrogen-bond acceptors (Lipinski definition) is 3. The largest absolute Gasteiger partial charge is 0.483 e. The molecule has 2 unspecified atom stereocenters. The third kappa shape index (κ3) is 3.39. The quantitative estimate of drug-likeness (QED) is 0.901. The van der Waals surface area contributed by atoms with E-state index in [0.29, 0.717) is 5.02 Å². The molecular weight excluding hydrogens is 289 g/mol. The Morgan fingerprint density at radius 3 is 2.28 bits per heavy atom. The number of rotatable bonds is 4. The topological polar surface area (TPSA) is 35.2 Å². The van der Waals surface area contributed by atoms with Gasteiger partial charge in [0.25, 0.3) is 0 Å². The minimum atomic E-state index is -0.205. The van der Waals surface area contributed by atoms with E-state index in [1.165, 1.54) is 11.3 Å². The van der Waals surface area contributed by atoms with E-state index in [9.17, 15) is 0 Å². The Kier molecular flexibility index (Phi) is 4.51. The van der Waals surface area contributed by atoms with Gasteiger partial charge in [0.05, 0.1) is 4.34 Å². The first-order valence-electron chi connectivity index (χ1n) is 5.49. The molecule has 0 saturated carbocycles. The molecule has 0 fully saturated rings. The number of thiophene rings is 1. The molecule has 2 N–H and O–H groups in total. The number of hydrogen-bond donors (Lipinski definition) is 1. The number of benzene rings is 1. The SMILES string of the molecule is CC(N)C(Oc1ccc(Cl)cc1)c1ccc(Cl)s1. The fourth-order valence-electron chi connectivity index (χ4n) is 1.57. The van der Waals surface area contributed by atoms with Crippen molar-refractivity contribution in [3.8, 4) is 5.75 Å². The van der Waals surface area contributed by atoms with Gasteiger partial charge in [0, 0.05) is 15.9 Å². The molecule has 0 saturated heterocycles. The summed E-state index contributed by atoms with van der Waals surface area (Å²) in [6.07, 6.45) is -0.205. The second-order valence-corrected chi connectivity index (χ2v) is 6.18. The molecule has 96 valence electrons. The van der Waals surface area contributed by atoms with Gasteiger partial charge in [-0.15, -0.1) is 11.3 Å². The van der Waals surface area contributed by atoms with Crippen molar-refractivity contribution in [2.75, 3.05) is 0 Å². The second kappa shape index (κ2) is 5.93. The van der Waals surface area contributed by atoms with Crippen LogP contribution < -0.4 is 10.5 Å². The highest BCUT2D eigenvalue weighted by atomic mass is 35.5. The maximum Gasteiger partial charge on any atom is 0.148 e. The van der Waals surface area contributed by atoms with Crippen molar-refractivity contribution in [3.63, 3.8) is 0 Å². The Bertz CT molecular complexity index is 510. The van der Waals surface area contributed by atoms with Gasteiger partial charge in [-0.05, 0) is 43.3 Å². The minimum absolute atomic E-state index is 0.129.